The Labute approximate surface area is 182 Å². The van der Waals surface area contributed by atoms with E-state index in [0.717, 1.165) is 41.3 Å². The fourth-order valence-electron chi connectivity index (χ4n) is 5.14. The molecule has 1 amide bonds. The SMILES string of the molecule is CCCN1C[C@@H](CONC(C)=O)C[C@@H]2c3cc(Br)c(Br)c4[nH]c(C)c(c34)C[C@H]21. The molecule has 1 aromatic heterocycles. The number of nitrogens with one attached hydrogen (secondary N) is 2. The average molecular weight is 513 g/mol. The van der Waals surface area contributed by atoms with Crippen LogP contribution in [0.5, 0.6) is 0 Å². The Kier molecular flexibility index (Phi) is 5.89. The van der Waals surface area contributed by atoms with Crippen LogP contribution in [0.3, 0.4) is 0 Å². The van der Waals surface area contributed by atoms with E-state index in [0.29, 0.717) is 24.5 Å². The van der Waals surface area contributed by atoms with E-state index in [1.165, 1.54) is 34.6 Å². The van der Waals surface area contributed by atoms with Crippen molar-refractivity contribution < 1.29 is 9.63 Å². The number of likely N-dealkylation sites (tertiary alicyclic amines) is 1. The minimum absolute atomic E-state index is 0.150. The highest BCUT2D eigenvalue weighted by molar-refractivity contribution is 9.13. The summed E-state index contributed by atoms with van der Waals surface area (Å²) in [7, 11) is 0. The third-order valence-corrected chi connectivity index (χ3v) is 8.17. The van der Waals surface area contributed by atoms with Crippen molar-refractivity contribution in [2.24, 2.45) is 5.92 Å². The lowest BCUT2D eigenvalue weighted by Crippen LogP contribution is -2.51. The summed E-state index contributed by atoms with van der Waals surface area (Å²) in [6, 6.07) is 2.83. The van der Waals surface area contributed by atoms with Crippen LogP contribution in [-0.2, 0) is 16.1 Å². The number of carbonyl (C=O) groups excluding carboxylic acids is 1. The maximum Gasteiger partial charge on any atom is 0.240 e. The van der Waals surface area contributed by atoms with E-state index in [4.69, 9.17) is 4.84 Å². The zero-order chi connectivity index (χ0) is 20.0. The Morgan fingerprint density at radius 3 is 2.93 bits per heavy atom. The number of rotatable bonds is 5. The van der Waals surface area contributed by atoms with Crippen molar-refractivity contribution >= 4 is 48.7 Å². The third-order valence-electron chi connectivity index (χ3n) is 6.19. The van der Waals surface area contributed by atoms with E-state index < -0.39 is 0 Å². The number of hydrogen-bond donors (Lipinski definition) is 2. The molecule has 1 fully saturated rings. The van der Waals surface area contributed by atoms with E-state index in [1.54, 1.807) is 0 Å². The number of hydrogen-bond acceptors (Lipinski definition) is 3. The van der Waals surface area contributed by atoms with Crippen molar-refractivity contribution in [2.45, 2.75) is 52.0 Å². The first-order valence-electron chi connectivity index (χ1n) is 10.0. The molecule has 28 heavy (non-hydrogen) atoms. The molecule has 2 N–H and O–H groups in total. The second-order valence-electron chi connectivity index (χ2n) is 8.18. The Hall–Kier alpha value is -0.890. The first kappa shape index (κ1) is 20.4. The van der Waals surface area contributed by atoms with Crippen LogP contribution < -0.4 is 5.48 Å². The van der Waals surface area contributed by atoms with Crippen molar-refractivity contribution in [2.75, 3.05) is 19.7 Å². The van der Waals surface area contributed by atoms with Crippen LogP contribution in [0.2, 0.25) is 0 Å². The van der Waals surface area contributed by atoms with Crippen LogP contribution in [-0.4, -0.2) is 41.5 Å². The maximum absolute atomic E-state index is 11.2. The Morgan fingerprint density at radius 1 is 1.43 bits per heavy atom. The molecule has 1 aromatic carbocycles. The van der Waals surface area contributed by atoms with Gasteiger partial charge in [0.2, 0.25) is 5.91 Å². The number of carbonyl (C=O) groups is 1. The van der Waals surface area contributed by atoms with E-state index in [9.17, 15) is 4.79 Å². The molecule has 1 saturated heterocycles. The highest BCUT2D eigenvalue weighted by Crippen LogP contribution is 2.48. The van der Waals surface area contributed by atoms with Gasteiger partial charge in [0.05, 0.1) is 16.6 Å². The molecule has 2 aromatic rings. The summed E-state index contributed by atoms with van der Waals surface area (Å²) in [5.41, 5.74) is 7.87. The molecule has 1 aliphatic carbocycles. The number of piperidine rings is 1. The molecule has 0 radical (unpaired) electrons. The van der Waals surface area contributed by atoms with Crippen molar-refractivity contribution in [3.8, 4) is 0 Å². The number of aromatic nitrogens is 1. The van der Waals surface area contributed by atoms with Crippen molar-refractivity contribution in [3.05, 3.63) is 31.8 Å². The van der Waals surface area contributed by atoms with Gasteiger partial charge in [0, 0.05) is 41.0 Å². The van der Waals surface area contributed by atoms with Gasteiger partial charge in [-0.3, -0.25) is 14.5 Å². The molecule has 1 aliphatic heterocycles. The minimum atomic E-state index is -0.150. The van der Waals surface area contributed by atoms with Gasteiger partial charge >= 0.3 is 0 Å². The Bertz CT molecular complexity index is 911. The van der Waals surface area contributed by atoms with Gasteiger partial charge in [0.25, 0.3) is 0 Å². The molecule has 4 rings (SSSR count). The number of fused-ring (bicyclic) bond motifs is 2. The Balaban J connectivity index is 1.71. The summed E-state index contributed by atoms with van der Waals surface area (Å²) < 4.78 is 2.20. The van der Waals surface area contributed by atoms with Crippen molar-refractivity contribution in [1.82, 2.24) is 15.4 Å². The van der Waals surface area contributed by atoms with Gasteiger partial charge in [-0.25, -0.2) is 5.48 Å². The highest BCUT2D eigenvalue weighted by Gasteiger charge is 2.41. The lowest BCUT2D eigenvalue weighted by Gasteiger charge is -2.47. The Morgan fingerprint density at radius 2 is 2.21 bits per heavy atom. The predicted molar refractivity (Wildman–Crippen MR) is 118 cm³/mol. The second kappa shape index (κ2) is 8.09. The summed E-state index contributed by atoms with van der Waals surface area (Å²) in [6.07, 6.45) is 3.31. The third kappa shape index (κ3) is 3.55. The van der Waals surface area contributed by atoms with Crippen LogP contribution in [0.25, 0.3) is 10.9 Å². The molecule has 3 atom stereocenters. The maximum atomic E-state index is 11.2. The molecule has 5 nitrogen and oxygen atoms in total. The minimum Gasteiger partial charge on any atom is -0.357 e. The molecule has 2 aliphatic rings. The number of nitrogens with zero attached hydrogens (tertiary/aromatic N) is 1. The quantitative estimate of drug-likeness (QED) is 0.565. The van der Waals surface area contributed by atoms with Crippen LogP contribution in [0.15, 0.2) is 15.0 Å². The van der Waals surface area contributed by atoms with E-state index >= 15 is 0 Å². The fourth-order valence-corrected chi connectivity index (χ4v) is 6.00. The molecule has 0 bridgehead atoms. The monoisotopic (exact) mass is 511 g/mol. The first-order valence-corrected chi connectivity index (χ1v) is 11.6. The molecule has 7 heteroatoms. The highest BCUT2D eigenvalue weighted by atomic mass is 79.9. The lowest BCUT2D eigenvalue weighted by molar-refractivity contribution is -0.133. The molecule has 0 saturated carbocycles. The smallest absolute Gasteiger partial charge is 0.240 e. The number of benzene rings is 1. The van der Waals surface area contributed by atoms with Gasteiger partial charge in [-0.2, -0.15) is 0 Å². The molecule has 0 unspecified atom stereocenters. The van der Waals surface area contributed by atoms with Crippen molar-refractivity contribution in [3.63, 3.8) is 0 Å². The molecular weight excluding hydrogens is 486 g/mol. The fraction of sp³-hybridized carbons (Fsp3) is 0.571. The van der Waals surface area contributed by atoms with E-state index in [-0.39, 0.29) is 5.91 Å². The summed E-state index contributed by atoms with van der Waals surface area (Å²) >= 11 is 7.50. The van der Waals surface area contributed by atoms with Crippen molar-refractivity contribution in [1.29, 1.82) is 0 Å². The van der Waals surface area contributed by atoms with Gasteiger partial charge in [-0.05, 0) is 87.7 Å². The average Bonchev–Trinajstić information content (AvgIpc) is 2.97. The number of halogens is 2. The summed E-state index contributed by atoms with van der Waals surface area (Å²) in [5.74, 6) is 0.724. The van der Waals surface area contributed by atoms with Crippen LogP contribution in [0.4, 0.5) is 0 Å². The van der Waals surface area contributed by atoms with Gasteiger partial charge in [0.1, 0.15) is 0 Å². The number of H-pyrrole nitrogens is 1. The summed E-state index contributed by atoms with van der Waals surface area (Å²) in [4.78, 5) is 22.9. The zero-order valence-corrected chi connectivity index (χ0v) is 19.7. The predicted octanol–water partition coefficient (Wildman–Crippen LogP) is 4.81. The van der Waals surface area contributed by atoms with Gasteiger partial charge in [0.15, 0.2) is 0 Å². The number of aromatic amines is 1. The van der Waals surface area contributed by atoms with Crippen LogP contribution in [0.1, 0.15) is 49.4 Å². The lowest BCUT2D eigenvalue weighted by atomic mass is 9.72. The molecule has 152 valence electrons. The molecular formula is C21H27Br2N3O2. The summed E-state index contributed by atoms with van der Waals surface area (Å²) in [5, 5.41) is 1.40. The second-order valence-corrected chi connectivity index (χ2v) is 9.83. The van der Waals surface area contributed by atoms with Crippen LogP contribution in [0, 0.1) is 12.8 Å². The standard InChI is InChI=1S/C21H27Br2N3O2/c1-4-5-26-9-13(10-28-25-12(3)27)6-15-16-7-17(22)20(23)21-19(16)14(8-18(15)26)11(2)24-21/h7,13,15,18,24H,4-6,8-10H2,1-3H3,(H,25,27)/t13-,15+,18+/m0/s1. The molecule has 0 spiro atoms. The first-order chi connectivity index (χ1) is 13.4. The van der Waals surface area contributed by atoms with Gasteiger partial charge < -0.3 is 4.98 Å². The zero-order valence-electron chi connectivity index (χ0n) is 16.6. The number of hydroxylamine groups is 1. The van der Waals surface area contributed by atoms with Crippen LogP contribution >= 0.6 is 31.9 Å². The largest absolute Gasteiger partial charge is 0.357 e. The summed E-state index contributed by atoms with van der Waals surface area (Å²) in [6.45, 7) is 8.59. The number of amides is 1. The van der Waals surface area contributed by atoms with Gasteiger partial charge in [-0.1, -0.05) is 6.92 Å². The van der Waals surface area contributed by atoms with E-state index in [1.807, 2.05) is 0 Å². The van der Waals surface area contributed by atoms with Gasteiger partial charge in [-0.15, -0.1) is 0 Å². The topological polar surface area (TPSA) is 57.4 Å². The molecule has 2 heterocycles. The van der Waals surface area contributed by atoms with E-state index in [2.05, 4.69) is 67.1 Å². The number of aryl methyl sites for hydroxylation is 1. The normalized spacial score (nSPS) is 24.4.